The van der Waals surface area contributed by atoms with E-state index in [0.29, 0.717) is 13.1 Å². The lowest BCUT2D eigenvalue weighted by Gasteiger charge is -2.36. The number of hydrogen-bond acceptors (Lipinski definition) is 4. The predicted octanol–water partition coefficient (Wildman–Crippen LogP) is 0.0553. The molecule has 0 aromatic carbocycles. The minimum absolute atomic E-state index is 0.0422. The Morgan fingerprint density at radius 2 is 1.75 bits per heavy atom. The highest BCUT2D eigenvalue weighted by atomic mass is 32.2. The zero-order chi connectivity index (χ0) is 12.5. The number of hydrogen-bond donors (Lipinski definition) is 0. The molecule has 1 amide bonds. The van der Waals surface area contributed by atoms with E-state index in [-0.39, 0.29) is 18.1 Å². The lowest BCUT2D eigenvalue weighted by molar-refractivity contribution is -0.142. The quantitative estimate of drug-likeness (QED) is 0.694. The molecule has 0 radical (unpaired) electrons. The van der Waals surface area contributed by atoms with Crippen molar-refractivity contribution < 1.29 is 17.9 Å². The first-order valence-corrected chi connectivity index (χ1v) is 7.30. The standard InChI is InChI=1S/C10H19NO4S/c1-7-5-11(6-8(2)15-7)10(12)9(3)16(4,13)14/h7-9H,5-6H2,1-4H3. The van der Waals surface area contributed by atoms with E-state index in [1.807, 2.05) is 13.8 Å². The van der Waals surface area contributed by atoms with Gasteiger partial charge in [0.1, 0.15) is 5.25 Å². The second kappa shape index (κ2) is 4.71. The van der Waals surface area contributed by atoms with Crippen molar-refractivity contribution in [2.75, 3.05) is 19.3 Å². The maximum absolute atomic E-state index is 11.9. The van der Waals surface area contributed by atoms with Gasteiger partial charge in [-0.2, -0.15) is 0 Å². The van der Waals surface area contributed by atoms with E-state index in [1.165, 1.54) is 6.92 Å². The van der Waals surface area contributed by atoms with Gasteiger partial charge in [0, 0.05) is 19.3 Å². The Hall–Kier alpha value is -0.620. The lowest BCUT2D eigenvalue weighted by atomic mass is 10.2. The van der Waals surface area contributed by atoms with Crippen molar-refractivity contribution in [1.82, 2.24) is 4.90 Å². The van der Waals surface area contributed by atoms with Gasteiger partial charge in [0.15, 0.2) is 9.84 Å². The Morgan fingerprint density at radius 1 is 1.31 bits per heavy atom. The zero-order valence-corrected chi connectivity index (χ0v) is 11.0. The van der Waals surface area contributed by atoms with Crippen molar-refractivity contribution in [3.8, 4) is 0 Å². The Kier molecular flexibility index (Phi) is 3.96. The van der Waals surface area contributed by atoms with Crippen molar-refractivity contribution in [3.63, 3.8) is 0 Å². The molecule has 1 saturated heterocycles. The van der Waals surface area contributed by atoms with Crippen LogP contribution >= 0.6 is 0 Å². The van der Waals surface area contributed by atoms with Gasteiger partial charge < -0.3 is 9.64 Å². The van der Waals surface area contributed by atoms with Crippen LogP contribution in [0.4, 0.5) is 0 Å². The van der Waals surface area contributed by atoms with Gasteiger partial charge >= 0.3 is 0 Å². The summed E-state index contributed by atoms with van der Waals surface area (Å²) in [5, 5.41) is -0.968. The second-order valence-corrected chi connectivity index (χ2v) is 6.84. The number of nitrogens with zero attached hydrogens (tertiary/aromatic N) is 1. The van der Waals surface area contributed by atoms with Gasteiger partial charge in [-0.25, -0.2) is 8.42 Å². The summed E-state index contributed by atoms with van der Waals surface area (Å²) in [6.45, 7) is 6.11. The summed E-state index contributed by atoms with van der Waals surface area (Å²) in [5.74, 6) is -0.329. The molecule has 0 bridgehead atoms. The Labute approximate surface area is 96.7 Å². The molecule has 3 atom stereocenters. The summed E-state index contributed by atoms with van der Waals surface area (Å²) in [5.41, 5.74) is 0. The average molecular weight is 249 g/mol. The molecule has 5 nitrogen and oxygen atoms in total. The maximum atomic E-state index is 11.9. The van der Waals surface area contributed by atoms with Crippen molar-refractivity contribution in [2.24, 2.45) is 0 Å². The van der Waals surface area contributed by atoms with Crippen LogP contribution in [0.5, 0.6) is 0 Å². The van der Waals surface area contributed by atoms with Crippen LogP contribution in [0.2, 0.25) is 0 Å². The molecule has 0 saturated carbocycles. The molecule has 1 rings (SSSR count). The number of rotatable bonds is 2. The summed E-state index contributed by atoms with van der Waals surface area (Å²) in [7, 11) is -3.32. The van der Waals surface area contributed by atoms with E-state index >= 15 is 0 Å². The van der Waals surface area contributed by atoms with Gasteiger partial charge in [-0.3, -0.25) is 4.79 Å². The maximum Gasteiger partial charge on any atom is 0.240 e. The van der Waals surface area contributed by atoms with Crippen LogP contribution in [0.25, 0.3) is 0 Å². The molecule has 1 aliphatic rings. The van der Waals surface area contributed by atoms with Gasteiger partial charge in [0.25, 0.3) is 0 Å². The molecule has 1 aliphatic heterocycles. The molecule has 0 aromatic rings. The van der Waals surface area contributed by atoms with E-state index < -0.39 is 15.1 Å². The summed E-state index contributed by atoms with van der Waals surface area (Å²) in [4.78, 5) is 13.5. The monoisotopic (exact) mass is 249 g/mol. The van der Waals surface area contributed by atoms with E-state index in [9.17, 15) is 13.2 Å². The van der Waals surface area contributed by atoms with Crippen molar-refractivity contribution >= 4 is 15.7 Å². The van der Waals surface area contributed by atoms with Crippen LogP contribution < -0.4 is 0 Å². The summed E-state index contributed by atoms with van der Waals surface area (Å²) >= 11 is 0. The number of carbonyl (C=O) groups excluding carboxylic acids is 1. The highest BCUT2D eigenvalue weighted by Gasteiger charge is 2.32. The van der Waals surface area contributed by atoms with E-state index in [0.717, 1.165) is 6.26 Å². The third kappa shape index (κ3) is 3.18. The fraction of sp³-hybridized carbons (Fsp3) is 0.900. The molecule has 0 N–H and O–H groups in total. The number of morpholine rings is 1. The van der Waals surface area contributed by atoms with Crippen LogP contribution in [0.1, 0.15) is 20.8 Å². The molecule has 3 unspecified atom stereocenters. The molecule has 94 valence electrons. The molecule has 1 fully saturated rings. The number of sulfone groups is 1. The lowest BCUT2D eigenvalue weighted by Crippen LogP contribution is -2.52. The summed E-state index contributed by atoms with van der Waals surface area (Å²) in [6.07, 6.45) is 1.00. The highest BCUT2D eigenvalue weighted by molar-refractivity contribution is 7.92. The predicted molar refractivity (Wildman–Crippen MR) is 60.9 cm³/mol. The third-order valence-corrected chi connectivity index (χ3v) is 4.21. The minimum atomic E-state index is -3.32. The molecule has 0 aromatic heterocycles. The molecule has 0 spiro atoms. The smallest absolute Gasteiger partial charge is 0.240 e. The van der Waals surface area contributed by atoms with Crippen LogP contribution in [-0.2, 0) is 19.4 Å². The minimum Gasteiger partial charge on any atom is -0.372 e. The SMILES string of the molecule is CC1CN(C(=O)C(C)S(C)(=O)=O)CC(C)O1. The first-order chi connectivity index (χ1) is 7.21. The van der Waals surface area contributed by atoms with Gasteiger partial charge in [-0.05, 0) is 20.8 Å². The van der Waals surface area contributed by atoms with Crippen molar-refractivity contribution in [2.45, 2.75) is 38.2 Å². The van der Waals surface area contributed by atoms with E-state index in [4.69, 9.17) is 4.74 Å². The fourth-order valence-corrected chi connectivity index (χ4v) is 2.31. The Bertz CT molecular complexity index is 355. The average Bonchev–Trinajstić information content (AvgIpc) is 2.12. The van der Waals surface area contributed by atoms with Crippen LogP contribution in [-0.4, -0.2) is 56.0 Å². The molecule has 6 heteroatoms. The van der Waals surface area contributed by atoms with Gasteiger partial charge in [-0.1, -0.05) is 0 Å². The van der Waals surface area contributed by atoms with E-state index in [2.05, 4.69) is 0 Å². The molecular formula is C10H19NO4S. The van der Waals surface area contributed by atoms with Crippen LogP contribution in [0, 0.1) is 0 Å². The van der Waals surface area contributed by atoms with Gasteiger partial charge in [0.05, 0.1) is 12.2 Å². The first-order valence-electron chi connectivity index (χ1n) is 5.35. The topological polar surface area (TPSA) is 63.7 Å². The van der Waals surface area contributed by atoms with Crippen LogP contribution in [0.15, 0.2) is 0 Å². The molecule has 1 heterocycles. The summed E-state index contributed by atoms with van der Waals surface area (Å²) in [6, 6.07) is 0. The normalized spacial score (nSPS) is 28.9. The summed E-state index contributed by atoms with van der Waals surface area (Å²) < 4.78 is 28.1. The number of carbonyl (C=O) groups is 1. The fourth-order valence-electron chi connectivity index (χ4n) is 1.80. The second-order valence-electron chi connectivity index (χ2n) is 4.47. The van der Waals surface area contributed by atoms with Crippen molar-refractivity contribution in [1.29, 1.82) is 0 Å². The van der Waals surface area contributed by atoms with Gasteiger partial charge in [-0.15, -0.1) is 0 Å². The first kappa shape index (κ1) is 13.4. The Morgan fingerprint density at radius 3 is 2.12 bits per heavy atom. The largest absolute Gasteiger partial charge is 0.372 e. The van der Waals surface area contributed by atoms with Crippen molar-refractivity contribution in [3.05, 3.63) is 0 Å². The Balaban J connectivity index is 2.74. The highest BCUT2D eigenvalue weighted by Crippen LogP contribution is 2.13. The third-order valence-electron chi connectivity index (χ3n) is 2.72. The molecule has 0 aliphatic carbocycles. The molecular weight excluding hydrogens is 230 g/mol. The molecule has 16 heavy (non-hydrogen) atoms. The zero-order valence-electron chi connectivity index (χ0n) is 10.1. The van der Waals surface area contributed by atoms with Gasteiger partial charge in [0.2, 0.25) is 5.91 Å². The number of amides is 1. The number of ether oxygens (including phenoxy) is 1. The van der Waals surface area contributed by atoms with Crippen LogP contribution in [0.3, 0.4) is 0 Å². The van der Waals surface area contributed by atoms with E-state index in [1.54, 1.807) is 4.90 Å².